The molecule has 0 saturated carbocycles. The molecule has 0 bridgehead atoms. The summed E-state index contributed by atoms with van der Waals surface area (Å²) in [6, 6.07) is 13.5. The van der Waals surface area contributed by atoms with Crippen LogP contribution in [0.4, 0.5) is 5.82 Å². The summed E-state index contributed by atoms with van der Waals surface area (Å²) in [4.78, 5) is 42.6. The lowest BCUT2D eigenvalue weighted by atomic mass is 9.70. The van der Waals surface area contributed by atoms with Gasteiger partial charge in [0.1, 0.15) is 5.82 Å². The fraction of sp³-hybridized carbons (Fsp3) is 0.292. The van der Waals surface area contributed by atoms with Crippen LogP contribution in [-0.2, 0) is 11.3 Å². The Hall–Kier alpha value is -3.19. The second kappa shape index (κ2) is 7.20. The van der Waals surface area contributed by atoms with Crippen molar-refractivity contribution in [1.82, 2.24) is 9.55 Å². The SMILES string of the molecule is CC1(C)CC(=O)C2=C(C1)Nc1c(c(=O)[nH]c(=O)n1Cc1ccccc1)[C@H]2c1cccs1. The maximum atomic E-state index is 13.2. The highest BCUT2D eigenvalue weighted by atomic mass is 32.1. The van der Waals surface area contributed by atoms with Gasteiger partial charge in [-0.25, -0.2) is 4.79 Å². The zero-order valence-corrected chi connectivity index (χ0v) is 18.2. The fourth-order valence-electron chi connectivity index (χ4n) is 4.71. The molecule has 6 nitrogen and oxygen atoms in total. The van der Waals surface area contributed by atoms with Crippen LogP contribution < -0.4 is 16.6 Å². The van der Waals surface area contributed by atoms with Crippen LogP contribution >= 0.6 is 11.3 Å². The number of aromatic amines is 1. The Bertz CT molecular complexity index is 1310. The Kier molecular flexibility index (Phi) is 4.59. The smallest absolute Gasteiger partial charge is 0.330 e. The van der Waals surface area contributed by atoms with Gasteiger partial charge in [-0.1, -0.05) is 50.2 Å². The van der Waals surface area contributed by atoms with Crippen molar-refractivity contribution >= 4 is 22.9 Å². The third kappa shape index (κ3) is 3.39. The number of hydrogen-bond acceptors (Lipinski definition) is 5. The van der Waals surface area contributed by atoms with Gasteiger partial charge in [-0.05, 0) is 28.8 Å². The summed E-state index contributed by atoms with van der Waals surface area (Å²) in [7, 11) is 0. The lowest BCUT2D eigenvalue weighted by molar-refractivity contribution is -0.118. The first-order valence-electron chi connectivity index (χ1n) is 10.3. The van der Waals surface area contributed by atoms with Crippen LogP contribution in [0.5, 0.6) is 0 Å². The van der Waals surface area contributed by atoms with E-state index in [4.69, 9.17) is 0 Å². The molecule has 2 aromatic heterocycles. The number of rotatable bonds is 3. The molecule has 1 atom stereocenters. The minimum absolute atomic E-state index is 0.0583. The number of nitrogens with one attached hydrogen (secondary N) is 2. The zero-order chi connectivity index (χ0) is 21.8. The number of anilines is 1. The highest BCUT2D eigenvalue weighted by molar-refractivity contribution is 7.10. The summed E-state index contributed by atoms with van der Waals surface area (Å²) in [6.45, 7) is 4.46. The monoisotopic (exact) mass is 433 g/mol. The molecule has 2 N–H and O–H groups in total. The van der Waals surface area contributed by atoms with Crippen LogP contribution in [0.15, 0.2) is 68.7 Å². The minimum Gasteiger partial charge on any atom is -0.344 e. The third-order valence-corrected chi connectivity index (χ3v) is 6.95. The third-order valence-electron chi connectivity index (χ3n) is 6.01. The lowest BCUT2D eigenvalue weighted by Gasteiger charge is -2.39. The molecule has 158 valence electrons. The van der Waals surface area contributed by atoms with Crippen LogP contribution in [0.25, 0.3) is 0 Å². The molecule has 0 unspecified atom stereocenters. The van der Waals surface area contributed by atoms with Gasteiger partial charge in [0.15, 0.2) is 5.78 Å². The van der Waals surface area contributed by atoms with Crippen molar-refractivity contribution in [3.8, 4) is 0 Å². The van der Waals surface area contributed by atoms with E-state index in [1.165, 1.54) is 11.3 Å². The number of aromatic nitrogens is 2. The summed E-state index contributed by atoms with van der Waals surface area (Å²) in [6.07, 6.45) is 1.12. The maximum absolute atomic E-state index is 13.2. The van der Waals surface area contributed by atoms with Crippen LogP contribution in [0.2, 0.25) is 0 Å². The molecule has 0 fully saturated rings. The van der Waals surface area contributed by atoms with Gasteiger partial charge in [-0.15, -0.1) is 11.3 Å². The molecule has 2 aliphatic rings. The van der Waals surface area contributed by atoms with Crippen molar-refractivity contribution in [3.63, 3.8) is 0 Å². The summed E-state index contributed by atoms with van der Waals surface area (Å²) >= 11 is 1.52. The molecule has 5 rings (SSSR count). The van der Waals surface area contributed by atoms with E-state index in [0.29, 0.717) is 36.3 Å². The van der Waals surface area contributed by atoms with Gasteiger partial charge in [0, 0.05) is 22.6 Å². The Morgan fingerprint density at radius 1 is 1.06 bits per heavy atom. The van der Waals surface area contributed by atoms with Gasteiger partial charge in [-0.3, -0.25) is 19.1 Å². The molecule has 0 spiro atoms. The predicted octanol–water partition coefficient (Wildman–Crippen LogP) is 3.85. The molecule has 7 heteroatoms. The molecule has 3 heterocycles. The number of fused-ring (bicyclic) bond motifs is 1. The number of hydrogen-bond donors (Lipinski definition) is 2. The molecule has 0 radical (unpaired) electrons. The van der Waals surface area contributed by atoms with E-state index in [-0.39, 0.29) is 11.2 Å². The topological polar surface area (TPSA) is 84.0 Å². The van der Waals surface area contributed by atoms with Gasteiger partial charge in [0.25, 0.3) is 5.56 Å². The molecular weight excluding hydrogens is 410 g/mol. The fourth-order valence-corrected chi connectivity index (χ4v) is 5.56. The largest absolute Gasteiger partial charge is 0.344 e. The highest BCUT2D eigenvalue weighted by Gasteiger charge is 2.43. The first-order valence-corrected chi connectivity index (χ1v) is 11.2. The van der Waals surface area contributed by atoms with E-state index in [2.05, 4.69) is 24.1 Å². The average Bonchev–Trinajstić information content (AvgIpc) is 3.24. The van der Waals surface area contributed by atoms with E-state index in [1.807, 2.05) is 47.8 Å². The van der Waals surface area contributed by atoms with Gasteiger partial charge in [-0.2, -0.15) is 0 Å². The number of carbonyl (C=O) groups excluding carboxylic acids is 1. The first-order chi connectivity index (χ1) is 14.8. The van der Waals surface area contributed by atoms with Crippen LogP contribution in [0, 0.1) is 5.41 Å². The molecule has 1 aliphatic carbocycles. The van der Waals surface area contributed by atoms with Crippen molar-refractivity contribution in [2.24, 2.45) is 5.41 Å². The van der Waals surface area contributed by atoms with Crippen LogP contribution in [0.1, 0.15) is 48.6 Å². The number of allylic oxidation sites excluding steroid dienone is 2. The molecule has 31 heavy (non-hydrogen) atoms. The van der Waals surface area contributed by atoms with Gasteiger partial charge >= 0.3 is 5.69 Å². The van der Waals surface area contributed by atoms with E-state index in [0.717, 1.165) is 16.1 Å². The Morgan fingerprint density at radius 2 is 1.84 bits per heavy atom. The molecule has 3 aromatic rings. The number of nitrogens with zero attached hydrogens (tertiary/aromatic N) is 1. The summed E-state index contributed by atoms with van der Waals surface area (Å²) < 4.78 is 1.57. The lowest BCUT2D eigenvalue weighted by Crippen LogP contribution is -2.41. The standard InChI is InChI=1S/C24H23N3O3S/c1-24(2)11-15-18(16(28)12-24)19(17-9-6-10-31-17)20-21(25-15)27(23(30)26-22(20)29)13-14-7-4-3-5-8-14/h3-10,19,25H,11-13H2,1-2H3,(H,26,29,30)/t19-/m0/s1. The van der Waals surface area contributed by atoms with Gasteiger partial charge in [0.2, 0.25) is 0 Å². The molecule has 1 aromatic carbocycles. The summed E-state index contributed by atoms with van der Waals surface area (Å²) in [5.41, 5.74) is 1.77. The summed E-state index contributed by atoms with van der Waals surface area (Å²) in [5, 5.41) is 5.30. The van der Waals surface area contributed by atoms with Crippen molar-refractivity contribution in [2.75, 3.05) is 5.32 Å². The van der Waals surface area contributed by atoms with Gasteiger partial charge in [0.05, 0.1) is 18.0 Å². The quantitative estimate of drug-likeness (QED) is 0.657. The second-order valence-electron chi connectivity index (χ2n) is 9.00. The number of Topliss-reactive ketones (excluding diaryl/α,β-unsaturated/α-hetero) is 1. The van der Waals surface area contributed by atoms with Gasteiger partial charge < -0.3 is 5.32 Å². The number of H-pyrrole nitrogens is 1. The van der Waals surface area contributed by atoms with E-state index >= 15 is 0 Å². The van der Waals surface area contributed by atoms with E-state index in [1.54, 1.807) is 4.57 Å². The molecule has 1 aliphatic heterocycles. The first kappa shape index (κ1) is 19.8. The van der Waals surface area contributed by atoms with Crippen LogP contribution in [0.3, 0.4) is 0 Å². The Balaban J connectivity index is 1.76. The van der Waals surface area contributed by atoms with Crippen LogP contribution in [-0.4, -0.2) is 15.3 Å². The number of benzene rings is 1. The summed E-state index contributed by atoms with van der Waals surface area (Å²) in [5.74, 6) is 0.0736. The van der Waals surface area contributed by atoms with Crippen molar-refractivity contribution < 1.29 is 4.79 Å². The van der Waals surface area contributed by atoms with Crippen molar-refractivity contribution in [1.29, 1.82) is 0 Å². The number of thiophene rings is 1. The Morgan fingerprint density at radius 3 is 2.55 bits per heavy atom. The Labute approximate surface area is 183 Å². The molecule has 0 saturated heterocycles. The highest BCUT2D eigenvalue weighted by Crippen LogP contribution is 2.48. The van der Waals surface area contributed by atoms with E-state index < -0.39 is 17.2 Å². The van der Waals surface area contributed by atoms with Crippen molar-refractivity contribution in [3.05, 3.63) is 96.0 Å². The zero-order valence-electron chi connectivity index (χ0n) is 17.4. The predicted molar refractivity (Wildman–Crippen MR) is 122 cm³/mol. The average molecular weight is 434 g/mol. The number of ketones is 1. The maximum Gasteiger partial charge on any atom is 0.330 e. The second-order valence-corrected chi connectivity index (χ2v) is 9.98. The number of carbonyl (C=O) groups is 1. The normalized spacial score (nSPS) is 19.5. The molecule has 0 amide bonds. The minimum atomic E-state index is -0.471. The van der Waals surface area contributed by atoms with Crippen molar-refractivity contribution in [2.45, 2.75) is 39.2 Å². The van der Waals surface area contributed by atoms with E-state index in [9.17, 15) is 14.4 Å². The molecular formula is C24H23N3O3S.